The Morgan fingerprint density at radius 3 is 2.03 bits per heavy atom. The van der Waals surface area contributed by atoms with Crippen molar-refractivity contribution in [2.24, 2.45) is 0 Å². The first-order valence-electron chi connectivity index (χ1n) is 8.45. The van der Waals surface area contributed by atoms with E-state index in [9.17, 15) is 8.78 Å². The van der Waals surface area contributed by atoms with Crippen LogP contribution in [-0.4, -0.2) is 15.0 Å². The number of rotatable bonds is 0. The smallest absolute Gasteiger partial charge is 0.150 e. The second-order valence-corrected chi connectivity index (χ2v) is 8.38. The first-order chi connectivity index (χ1) is 14.2. The van der Waals surface area contributed by atoms with E-state index in [4.69, 9.17) is 0 Å². The third kappa shape index (κ3) is 4.79. The molecule has 3 heterocycles. The number of benzene rings is 3. The van der Waals surface area contributed by atoms with Gasteiger partial charge in [-0.3, -0.25) is 0 Å². The summed E-state index contributed by atoms with van der Waals surface area (Å²) in [6.07, 6.45) is 0. The third-order valence-electron chi connectivity index (χ3n) is 3.84. The van der Waals surface area contributed by atoms with Gasteiger partial charge in [0.05, 0.1) is 41.7 Å². The molecule has 3 aromatic heterocycles. The highest BCUT2D eigenvalue weighted by Crippen LogP contribution is 2.19. The number of para-hydroxylation sites is 2. The molecule has 29 heavy (non-hydrogen) atoms. The highest BCUT2D eigenvalue weighted by atomic mass is 32.1. The van der Waals surface area contributed by atoms with Crippen molar-refractivity contribution in [2.75, 3.05) is 0 Å². The standard InChI is InChI=1S/2C7H4FNS.C7H5NS/c8-5-1-2-6-7(3-5)10-4-9-6;8-5-2-1-3-6-7(5)9-4-10-6;1-2-4-7-6(3-1)8-5-9-7/h2*1-4H;1-5H. The Balaban J connectivity index is 0.000000106. The molecule has 8 heteroatoms. The van der Waals surface area contributed by atoms with Gasteiger partial charge in [-0.25, -0.2) is 23.7 Å². The van der Waals surface area contributed by atoms with E-state index in [0.717, 1.165) is 20.4 Å². The Bertz CT molecular complexity index is 1330. The number of hydrogen-bond acceptors (Lipinski definition) is 6. The lowest BCUT2D eigenvalue weighted by molar-refractivity contribution is 0.630. The molecule has 0 aliphatic rings. The van der Waals surface area contributed by atoms with Crippen molar-refractivity contribution >= 4 is 64.7 Å². The number of halogens is 2. The summed E-state index contributed by atoms with van der Waals surface area (Å²) >= 11 is 4.58. The summed E-state index contributed by atoms with van der Waals surface area (Å²) in [5.74, 6) is -0.435. The fraction of sp³-hybridized carbons (Fsp3) is 0. The largest absolute Gasteiger partial charge is 0.245 e. The number of fused-ring (bicyclic) bond motifs is 3. The predicted octanol–water partition coefficient (Wildman–Crippen LogP) is 7.17. The van der Waals surface area contributed by atoms with Crippen molar-refractivity contribution in [3.8, 4) is 0 Å². The van der Waals surface area contributed by atoms with Gasteiger partial charge in [0.25, 0.3) is 0 Å². The first-order valence-corrected chi connectivity index (χ1v) is 11.1. The minimum absolute atomic E-state index is 0.197. The van der Waals surface area contributed by atoms with Gasteiger partial charge in [-0.15, -0.1) is 34.0 Å². The molecule has 0 radical (unpaired) electrons. The fourth-order valence-corrected chi connectivity index (χ4v) is 4.56. The molecular weight excluding hydrogens is 428 g/mol. The van der Waals surface area contributed by atoms with Crippen molar-refractivity contribution < 1.29 is 8.78 Å². The average Bonchev–Trinajstić information content (AvgIpc) is 3.49. The molecule has 0 saturated carbocycles. The zero-order valence-electron chi connectivity index (χ0n) is 14.8. The van der Waals surface area contributed by atoms with Gasteiger partial charge in [-0.1, -0.05) is 18.2 Å². The highest BCUT2D eigenvalue weighted by Gasteiger charge is 2.00. The monoisotopic (exact) mass is 441 g/mol. The third-order valence-corrected chi connectivity index (χ3v) is 6.24. The number of thiazole rings is 3. The summed E-state index contributed by atoms with van der Waals surface area (Å²) in [6, 6.07) is 17.7. The minimum atomic E-state index is -0.237. The van der Waals surface area contributed by atoms with Gasteiger partial charge >= 0.3 is 0 Å². The summed E-state index contributed by atoms with van der Waals surface area (Å²) in [5.41, 5.74) is 7.67. The van der Waals surface area contributed by atoms with Crippen LogP contribution in [0.4, 0.5) is 8.78 Å². The first kappa shape index (κ1) is 19.5. The Morgan fingerprint density at radius 2 is 1.24 bits per heavy atom. The van der Waals surface area contributed by atoms with Crippen LogP contribution in [-0.2, 0) is 0 Å². The molecule has 144 valence electrons. The lowest BCUT2D eigenvalue weighted by atomic mass is 10.3. The molecule has 0 atom stereocenters. The number of nitrogens with zero attached hydrogens (tertiary/aromatic N) is 3. The van der Waals surface area contributed by atoms with E-state index in [-0.39, 0.29) is 11.6 Å². The van der Waals surface area contributed by atoms with Crippen LogP contribution in [0.5, 0.6) is 0 Å². The molecule has 0 fully saturated rings. The maximum Gasteiger partial charge on any atom is 0.150 e. The molecule has 0 unspecified atom stereocenters. The van der Waals surface area contributed by atoms with E-state index < -0.39 is 0 Å². The summed E-state index contributed by atoms with van der Waals surface area (Å²) < 4.78 is 28.3. The van der Waals surface area contributed by atoms with Gasteiger partial charge in [0, 0.05) is 0 Å². The topological polar surface area (TPSA) is 38.7 Å². The van der Waals surface area contributed by atoms with Crippen LogP contribution in [0.25, 0.3) is 30.6 Å². The van der Waals surface area contributed by atoms with E-state index in [1.54, 1.807) is 34.5 Å². The van der Waals surface area contributed by atoms with Gasteiger partial charge in [0.15, 0.2) is 0 Å². The van der Waals surface area contributed by atoms with E-state index in [1.807, 2.05) is 29.8 Å². The molecule has 0 N–H and O–H groups in total. The molecule has 0 aliphatic heterocycles. The van der Waals surface area contributed by atoms with Crippen molar-refractivity contribution in [2.45, 2.75) is 0 Å². The quantitative estimate of drug-likeness (QED) is 0.251. The van der Waals surface area contributed by atoms with Crippen LogP contribution in [0.2, 0.25) is 0 Å². The van der Waals surface area contributed by atoms with Gasteiger partial charge in [-0.2, -0.15) is 0 Å². The Morgan fingerprint density at radius 1 is 0.586 bits per heavy atom. The van der Waals surface area contributed by atoms with E-state index in [0.29, 0.717) is 5.52 Å². The van der Waals surface area contributed by atoms with E-state index >= 15 is 0 Å². The summed E-state index contributed by atoms with van der Waals surface area (Å²) in [6.45, 7) is 0. The minimum Gasteiger partial charge on any atom is -0.245 e. The van der Waals surface area contributed by atoms with Crippen molar-refractivity contribution in [3.05, 3.63) is 88.8 Å². The SMILES string of the molecule is Fc1ccc2ncsc2c1.Fc1cccc2scnc12.c1ccc2scnc2c1. The molecule has 3 aromatic carbocycles. The molecule has 3 nitrogen and oxygen atoms in total. The van der Waals surface area contributed by atoms with Gasteiger partial charge in [0.2, 0.25) is 0 Å². The van der Waals surface area contributed by atoms with Crippen molar-refractivity contribution in [3.63, 3.8) is 0 Å². The Hall–Kier alpha value is -2.81. The van der Waals surface area contributed by atoms with Crippen molar-refractivity contribution in [1.82, 2.24) is 15.0 Å². The Labute approximate surface area is 177 Å². The van der Waals surface area contributed by atoms with E-state index in [1.165, 1.54) is 45.6 Å². The van der Waals surface area contributed by atoms with Gasteiger partial charge in [0.1, 0.15) is 17.2 Å². The molecule has 0 amide bonds. The highest BCUT2D eigenvalue weighted by molar-refractivity contribution is 7.17. The fourth-order valence-electron chi connectivity index (χ4n) is 2.48. The number of hydrogen-bond donors (Lipinski definition) is 0. The van der Waals surface area contributed by atoms with Gasteiger partial charge in [-0.05, 0) is 42.5 Å². The van der Waals surface area contributed by atoms with Crippen LogP contribution in [0.3, 0.4) is 0 Å². The summed E-state index contributed by atoms with van der Waals surface area (Å²) in [7, 11) is 0. The lowest BCUT2D eigenvalue weighted by Gasteiger charge is -1.86. The molecule has 6 aromatic rings. The van der Waals surface area contributed by atoms with Crippen LogP contribution in [0.1, 0.15) is 0 Å². The predicted molar refractivity (Wildman–Crippen MR) is 119 cm³/mol. The van der Waals surface area contributed by atoms with Crippen LogP contribution >= 0.6 is 34.0 Å². The molecule has 0 saturated heterocycles. The maximum atomic E-state index is 12.8. The molecule has 0 spiro atoms. The zero-order chi connectivity index (χ0) is 20.1. The summed E-state index contributed by atoms with van der Waals surface area (Å²) in [5, 5.41) is 0. The summed E-state index contributed by atoms with van der Waals surface area (Å²) in [4.78, 5) is 12.0. The number of aromatic nitrogens is 3. The van der Waals surface area contributed by atoms with Crippen LogP contribution in [0.15, 0.2) is 77.2 Å². The lowest BCUT2D eigenvalue weighted by Crippen LogP contribution is -1.73. The molecule has 6 rings (SSSR count). The van der Waals surface area contributed by atoms with Crippen LogP contribution < -0.4 is 0 Å². The van der Waals surface area contributed by atoms with Crippen molar-refractivity contribution in [1.29, 1.82) is 0 Å². The molecule has 0 aliphatic carbocycles. The normalized spacial score (nSPS) is 10.4. The zero-order valence-corrected chi connectivity index (χ0v) is 17.3. The second-order valence-electron chi connectivity index (χ2n) is 5.72. The van der Waals surface area contributed by atoms with Gasteiger partial charge < -0.3 is 0 Å². The second kappa shape index (κ2) is 9.13. The molecule has 0 bridgehead atoms. The Kier molecular flexibility index (Phi) is 6.14. The average molecular weight is 442 g/mol. The molecular formula is C21H13F2N3S3. The van der Waals surface area contributed by atoms with Crippen LogP contribution in [0, 0.1) is 11.6 Å². The maximum absolute atomic E-state index is 12.8. The van der Waals surface area contributed by atoms with E-state index in [2.05, 4.69) is 21.0 Å².